The van der Waals surface area contributed by atoms with Gasteiger partial charge in [-0.3, -0.25) is 4.79 Å². The topological polar surface area (TPSA) is 37.3 Å². The lowest BCUT2D eigenvalue weighted by Crippen LogP contribution is -2.55. The van der Waals surface area contributed by atoms with Gasteiger partial charge in [-0.2, -0.15) is 0 Å². The highest BCUT2D eigenvalue weighted by Gasteiger charge is 2.58. The Morgan fingerprint density at radius 1 is 1.44 bits per heavy atom. The lowest BCUT2D eigenvalue weighted by atomic mass is 9.57. The molecule has 1 saturated carbocycles. The van der Waals surface area contributed by atoms with Crippen LogP contribution in [0.25, 0.3) is 0 Å². The Balaban J connectivity index is 2.40. The molecule has 0 aromatic heterocycles. The van der Waals surface area contributed by atoms with Crippen LogP contribution in [0.4, 0.5) is 4.39 Å². The number of carbonyl (C=O) groups is 1. The molecule has 0 radical (unpaired) electrons. The van der Waals surface area contributed by atoms with Crippen LogP contribution in [0.15, 0.2) is 24.3 Å². The van der Waals surface area contributed by atoms with E-state index in [0.29, 0.717) is 0 Å². The lowest BCUT2D eigenvalue weighted by molar-refractivity contribution is -0.155. The second-order valence-corrected chi connectivity index (χ2v) is 5.02. The molecule has 0 saturated heterocycles. The molecule has 0 spiro atoms. The smallest absolute Gasteiger partial charge is 0.314 e. The van der Waals surface area contributed by atoms with Crippen molar-refractivity contribution in [2.75, 3.05) is 0 Å². The van der Waals surface area contributed by atoms with Crippen molar-refractivity contribution in [3.63, 3.8) is 0 Å². The van der Waals surface area contributed by atoms with E-state index in [0.717, 1.165) is 11.1 Å². The molecule has 0 atom stereocenters. The summed E-state index contributed by atoms with van der Waals surface area (Å²) in [5, 5.41) is 9.29. The van der Waals surface area contributed by atoms with Gasteiger partial charge in [-0.15, -0.1) is 0 Å². The molecule has 1 N–H and O–H groups in total. The first-order chi connectivity index (χ1) is 7.36. The Morgan fingerprint density at radius 2 is 2.06 bits per heavy atom. The number of rotatable bonds is 2. The summed E-state index contributed by atoms with van der Waals surface area (Å²) in [7, 11) is 0. The molecule has 2 nitrogen and oxygen atoms in total. The van der Waals surface area contributed by atoms with Gasteiger partial charge in [-0.1, -0.05) is 29.8 Å². The van der Waals surface area contributed by atoms with Crippen molar-refractivity contribution < 1.29 is 14.3 Å². The SMILES string of the molecule is Cc1cccc(C2(C(=O)O)CC(C)(F)C2)c1. The highest BCUT2D eigenvalue weighted by atomic mass is 19.1. The van der Waals surface area contributed by atoms with Crippen molar-refractivity contribution in [2.24, 2.45) is 0 Å². The van der Waals surface area contributed by atoms with Crippen LogP contribution in [0.1, 0.15) is 30.9 Å². The molecule has 2 rings (SSSR count). The quantitative estimate of drug-likeness (QED) is 0.835. The molecule has 0 unspecified atom stereocenters. The average Bonchev–Trinajstić information content (AvgIpc) is 2.13. The summed E-state index contributed by atoms with van der Waals surface area (Å²) in [5.74, 6) is -0.923. The molecule has 1 aromatic carbocycles. The van der Waals surface area contributed by atoms with Crippen molar-refractivity contribution in [3.8, 4) is 0 Å². The van der Waals surface area contributed by atoms with Crippen molar-refractivity contribution in [3.05, 3.63) is 35.4 Å². The third kappa shape index (κ3) is 1.60. The highest BCUT2D eigenvalue weighted by molar-refractivity contribution is 5.83. The molecule has 16 heavy (non-hydrogen) atoms. The molecular weight excluding hydrogens is 207 g/mol. The van der Waals surface area contributed by atoms with E-state index in [2.05, 4.69) is 0 Å². The van der Waals surface area contributed by atoms with Gasteiger partial charge in [0, 0.05) is 12.8 Å². The van der Waals surface area contributed by atoms with E-state index in [4.69, 9.17) is 0 Å². The predicted molar refractivity (Wildman–Crippen MR) is 59.2 cm³/mol. The zero-order valence-corrected chi connectivity index (χ0v) is 9.46. The van der Waals surface area contributed by atoms with Crippen LogP contribution < -0.4 is 0 Å². The number of halogens is 1. The number of aliphatic carboxylic acids is 1. The number of carboxylic acids is 1. The third-order valence-corrected chi connectivity index (χ3v) is 3.32. The average molecular weight is 222 g/mol. The Hall–Kier alpha value is -1.38. The maximum Gasteiger partial charge on any atom is 0.314 e. The summed E-state index contributed by atoms with van der Waals surface area (Å²) < 4.78 is 13.6. The number of benzene rings is 1. The van der Waals surface area contributed by atoms with Gasteiger partial charge in [0.15, 0.2) is 0 Å². The number of carboxylic acid groups (broad SMARTS) is 1. The predicted octanol–water partition coefficient (Wildman–Crippen LogP) is 2.84. The first-order valence-electron chi connectivity index (χ1n) is 5.35. The van der Waals surface area contributed by atoms with E-state index in [1.54, 1.807) is 6.07 Å². The summed E-state index contributed by atoms with van der Waals surface area (Å²) in [6.07, 6.45) is 0.136. The number of alkyl halides is 1. The van der Waals surface area contributed by atoms with Gasteiger partial charge in [0.1, 0.15) is 5.67 Å². The van der Waals surface area contributed by atoms with E-state index in [-0.39, 0.29) is 12.8 Å². The minimum absolute atomic E-state index is 0.0682. The number of hydrogen-bond acceptors (Lipinski definition) is 1. The van der Waals surface area contributed by atoms with Crippen molar-refractivity contribution in [2.45, 2.75) is 37.8 Å². The molecule has 0 amide bonds. The molecule has 0 aliphatic heterocycles. The van der Waals surface area contributed by atoms with Crippen molar-refractivity contribution in [1.29, 1.82) is 0 Å². The molecule has 1 fully saturated rings. The first kappa shape index (κ1) is 11.1. The van der Waals surface area contributed by atoms with Gasteiger partial charge in [0.05, 0.1) is 5.41 Å². The summed E-state index contributed by atoms with van der Waals surface area (Å²) in [4.78, 5) is 11.3. The molecule has 1 aliphatic carbocycles. The number of aryl methyl sites for hydroxylation is 1. The van der Waals surface area contributed by atoms with Gasteiger partial charge < -0.3 is 5.11 Å². The number of hydrogen-bond donors (Lipinski definition) is 1. The third-order valence-electron chi connectivity index (χ3n) is 3.32. The van der Waals surface area contributed by atoms with Gasteiger partial charge >= 0.3 is 5.97 Å². The second kappa shape index (κ2) is 3.30. The van der Waals surface area contributed by atoms with Crippen LogP contribution in [0.2, 0.25) is 0 Å². The highest BCUT2D eigenvalue weighted by Crippen LogP contribution is 2.52. The van der Waals surface area contributed by atoms with Gasteiger partial charge in [0.2, 0.25) is 0 Å². The second-order valence-electron chi connectivity index (χ2n) is 5.02. The molecule has 0 heterocycles. The minimum Gasteiger partial charge on any atom is -0.481 e. The van der Waals surface area contributed by atoms with E-state index < -0.39 is 17.1 Å². The first-order valence-corrected chi connectivity index (χ1v) is 5.35. The molecular formula is C13H15FO2. The molecule has 1 aromatic rings. The molecule has 0 bridgehead atoms. The molecule has 86 valence electrons. The summed E-state index contributed by atoms with van der Waals surface area (Å²) in [5.41, 5.74) is -0.641. The zero-order valence-electron chi connectivity index (χ0n) is 9.46. The standard InChI is InChI=1S/C13H15FO2/c1-9-4-3-5-10(6-9)13(11(15)16)7-12(2,14)8-13/h3-6H,7-8H2,1-2H3,(H,15,16). The summed E-state index contributed by atoms with van der Waals surface area (Å²) in [6, 6.07) is 7.34. The van der Waals surface area contributed by atoms with E-state index in [1.165, 1.54) is 6.92 Å². The van der Waals surface area contributed by atoms with Crippen molar-refractivity contribution in [1.82, 2.24) is 0 Å². The van der Waals surface area contributed by atoms with E-state index in [9.17, 15) is 14.3 Å². The summed E-state index contributed by atoms with van der Waals surface area (Å²) in [6.45, 7) is 3.37. The monoisotopic (exact) mass is 222 g/mol. The zero-order chi connectivity index (χ0) is 12.0. The molecule has 3 heteroatoms. The van der Waals surface area contributed by atoms with Crippen LogP contribution in [0, 0.1) is 6.92 Å². The fraction of sp³-hybridized carbons (Fsp3) is 0.462. The van der Waals surface area contributed by atoms with Gasteiger partial charge in [-0.25, -0.2) is 4.39 Å². The summed E-state index contributed by atoms with van der Waals surface area (Å²) >= 11 is 0. The van der Waals surface area contributed by atoms with Gasteiger partial charge in [-0.05, 0) is 19.4 Å². The minimum atomic E-state index is -1.35. The Labute approximate surface area is 94.1 Å². The maximum absolute atomic E-state index is 13.6. The van der Waals surface area contributed by atoms with Crippen LogP contribution in [0.5, 0.6) is 0 Å². The largest absolute Gasteiger partial charge is 0.481 e. The molecule has 1 aliphatic rings. The fourth-order valence-corrected chi connectivity index (χ4v) is 2.63. The maximum atomic E-state index is 13.6. The van der Waals surface area contributed by atoms with Crippen molar-refractivity contribution >= 4 is 5.97 Å². The van der Waals surface area contributed by atoms with E-state index >= 15 is 0 Å². The van der Waals surface area contributed by atoms with Crippen LogP contribution in [-0.2, 0) is 10.2 Å². The normalized spacial score (nSPS) is 33.2. The Kier molecular flexibility index (Phi) is 2.30. The van der Waals surface area contributed by atoms with Crippen LogP contribution >= 0.6 is 0 Å². The Morgan fingerprint density at radius 3 is 2.50 bits per heavy atom. The Bertz CT molecular complexity index is 429. The fourth-order valence-electron chi connectivity index (χ4n) is 2.63. The van der Waals surface area contributed by atoms with Gasteiger partial charge in [0.25, 0.3) is 0 Å². The van der Waals surface area contributed by atoms with Crippen LogP contribution in [-0.4, -0.2) is 16.7 Å². The van der Waals surface area contributed by atoms with E-state index in [1.807, 2.05) is 25.1 Å². The lowest BCUT2D eigenvalue weighted by Gasteiger charge is -2.47. The van der Waals surface area contributed by atoms with Crippen LogP contribution in [0.3, 0.4) is 0 Å².